The highest BCUT2D eigenvalue weighted by atomic mass is 19.1. The molecule has 2 rings (SSSR count). The maximum absolute atomic E-state index is 13.3. The number of hydrogen-bond donors (Lipinski definition) is 0. The van der Waals surface area contributed by atoms with Crippen LogP contribution in [0, 0.1) is 17.1 Å². The molecule has 0 saturated heterocycles. The first kappa shape index (κ1) is 13.1. The van der Waals surface area contributed by atoms with Gasteiger partial charge in [0.25, 0.3) is 0 Å². The summed E-state index contributed by atoms with van der Waals surface area (Å²) in [5.74, 6) is 0.887. The Morgan fingerprint density at radius 2 is 1.89 bits per heavy atom. The zero-order chi connectivity index (χ0) is 13.8. The van der Waals surface area contributed by atoms with E-state index in [2.05, 4.69) is 13.8 Å². The van der Waals surface area contributed by atoms with Gasteiger partial charge in [0.1, 0.15) is 17.3 Å². The Labute approximate surface area is 112 Å². The number of halogens is 1. The van der Waals surface area contributed by atoms with Gasteiger partial charge in [-0.2, -0.15) is 5.26 Å². The Balaban J connectivity index is 2.28. The molecule has 0 N–H and O–H groups in total. The quantitative estimate of drug-likeness (QED) is 0.802. The number of nitrogens with zero attached hydrogens (tertiary/aromatic N) is 1. The minimum absolute atomic E-state index is 0.245. The zero-order valence-electron chi connectivity index (χ0n) is 10.9. The molecule has 0 aromatic heterocycles. The average Bonchev–Trinajstić information content (AvgIpc) is 2.38. The Morgan fingerprint density at radius 1 is 1.11 bits per heavy atom. The fourth-order valence-electron chi connectivity index (χ4n) is 1.76. The largest absolute Gasteiger partial charge is 0.457 e. The minimum atomic E-state index is -0.478. The molecule has 3 heteroatoms. The molecule has 0 bridgehead atoms. The number of rotatable bonds is 3. The van der Waals surface area contributed by atoms with Crippen LogP contribution in [0.4, 0.5) is 4.39 Å². The molecular formula is C16H14FNO. The predicted octanol–water partition coefficient (Wildman–Crippen LogP) is 4.61. The van der Waals surface area contributed by atoms with Gasteiger partial charge in [0.2, 0.25) is 0 Å². The van der Waals surface area contributed by atoms with Gasteiger partial charge in [-0.3, -0.25) is 0 Å². The number of ether oxygens (including phenoxy) is 1. The van der Waals surface area contributed by atoms with Crippen LogP contribution in [-0.4, -0.2) is 0 Å². The van der Waals surface area contributed by atoms with Crippen LogP contribution in [0.15, 0.2) is 42.5 Å². The van der Waals surface area contributed by atoms with Gasteiger partial charge in [0, 0.05) is 6.07 Å². The van der Waals surface area contributed by atoms with E-state index in [1.807, 2.05) is 30.3 Å². The summed E-state index contributed by atoms with van der Waals surface area (Å²) in [4.78, 5) is 0. The van der Waals surface area contributed by atoms with Crippen LogP contribution in [0.2, 0.25) is 0 Å². The first-order chi connectivity index (χ1) is 9.08. The van der Waals surface area contributed by atoms with Gasteiger partial charge in [0.15, 0.2) is 0 Å². The van der Waals surface area contributed by atoms with Crippen molar-refractivity contribution in [3.8, 4) is 17.6 Å². The van der Waals surface area contributed by atoms with Crippen molar-refractivity contribution >= 4 is 0 Å². The number of hydrogen-bond acceptors (Lipinski definition) is 2. The first-order valence-corrected chi connectivity index (χ1v) is 6.07. The molecule has 0 heterocycles. The van der Waals surface area contributed by atoms with Crippen LogP contribution >= 0.6 is 0 Å². The second kappa shape index (κ2) is 5.53. The minimum Gasteiger partial charge on any atom is -0.457 e. The van der Waals surface area contributed by atoms with E-state index in [0.29, 0.717) is 17.4 Å². The van der Waals surface area contributed by atoms with E-state index in [1.54, 1.807) is 0 Å². The van der Waals surface area contributed by atoms with E-state index in [1.165, 1.54) is 18.2 Å². The third kappa shape index (κ3) is 3.32. The molecule has 0 aliphatic heterocycles. The molecule has 0 spiro atoms. The van der Waals surface area contributed by atoms with Gasteiger partial charge in [0.05, 0.1) is 11.6 Å². The Hall–Kier alpha value is -2.34. The molecule has 19 heavy (non-hydrogen) atoms. The lowest BCUT2D eigenvalue weighted by Crippen LogP contribution is -1.90. The van der Waals surface area contributed by atoms with Crippen LogP contribution in [0.25, 0.3) is 0 Å². The molecule has 2 nitrogen and oxygen atoms in total. The summed E-state index contributed by atoms with van der Waals surface area (Å²) in [6.45, 7) is 4.18. The summed E-state index contributed by atoms with van der Waals surface area (Å²) >= 11 is 0. The van der Waals surface area contributed by atoms with Crippen LogP contribution in [-0.2, 0) is 0 Å². The summed E-state index contributed by atoms with van der Waals surface area (Å²) in [6, 6.07) is 13.5. The Morgan fingerprint density at radius 3 is 2.58 bits per heavy atom. The molecule has 2 aromatic carbocycles. The molecule has 2 aromatic rings. The monoisotopic (exact) mass is 255 g/mol. The normalized spacial score (nSPS) is 10.3. The lowest BCUT2D eigenvalue weighted by Gasteiger charge is -2.10. The molecule has 0 fully saturated rings. The predicted molar refractivity (Wildman–Crippen MR) is 71.7 cm³/mol. The van der Waals surface area contributed by atoms with Crippen LogP contribution in [0.5, 0.6) is 11.5 Å². The highest BCUT2D eigenvalue weighted by molar-refractivity contribution is 5.40. The van der Waals surface area contributed by atoms with E-state index in [4.69, 9.17) is 10.00 Å². The lowest BCUT2D eigenvalue weighted by atomic mass is 10.0. The highest BCUT2D eigenvalue weighted by Gasteiger charge is 2.05. The fraction of sp³-hybridized carbons (Fsp3) is 0.188. The van der Waals surface area contributed by atoms with Gasteiger partial charge in [-0.25, -0.2) is 4.39 Å². The topological polar surface area (TPSA) is 33.0 Å². The Bertz CT molecular complexity index is 629. The lowest BCUT2D eigenvalue weighted by molar-refractivity contribution is 0.475. The molecule has 0 radical (unpaired) electrons. The van der Waals surface area contributed by atoms with Crippen molar-refractivity contribution in [1.82, 2.24) is 0 Å². The second-order valence-electron chi connectivity index (χ2n) is 4.62. The Kier molecular flexibility index (Phi) is 3.82. The molecule has 96 valence electrons. The zero-order valence-corrected chi connectivity index (χ0v) is 10.9. The van der Waals surface area contributed by atoms with Crippen molar-refractivity contribution in [3.05, 3.63) is 59.4 Å². The maximum Gasteiger partial charge on any atom is 0.131 e. The molecule has 0 atom stereocenters. The van der Waals surface area contributed by atoms with Gasteiger partial charge < -0.3 is 4.74 Å². The second-order valence-corrected chi connectivity index (χ2v) is 4.62. The van der Waals surface area contributed by atoms with Crippen LogP contribution in [0.3, 0.4) is 0 Å². The summed E-state index contributed by atoms with van der Waals surface area (Å²) in [5, 5.41) is 8.80. The molecule has 0 saturated carbocycles. The molecular weight excluding hydrogens is 241 g/mol. The molecule has 0 aliphatic carbocycles. The maximum atomic E-state index is 13.3. The number of nitriles is 1. The number of benzene rings is 2. The van der Waals surface area contributed by atoms with E-state index in [9.17, 15) is 4.39 Å². The van der Waals surface area contributed by atoms with E-state index < -0.39 is 5.82 Å². The van der Waals surface area contributed by atoms with E-state index in [0.717, 1.165) is 5.56 Å². The summed E-state index contributed by atoms with van der Waals surface area (Å²) in [5.41, 5.74) is 1.39. The van der Waals surface area contributed by atoms with Crippen molar-refractivity contribution in [2.24, 2.45) is 0 Å². The van der Waals surface area contributed by atoms with E-state index in [-0.39, 0.29) is 5.56 Å². The van der Waals surface area contributed by atoms with Gasteiger partial charge in [-0.1, -0.05) is 26.0 Å². The van der Waals surface area contributed by atoms with Crippen molar-refractivity contribution in [2.75, 3.05) is 0 Å². The summed E-state index contributed by atoms with van der Waals surface area (Å²) in [6.07, 6.45) is 0. The molecule has 0 amide bonds. The van der Waals surface area contributed by atoms with Crippen molar-refractivity contribution in [2.45, 2.75) is 19.8 Å². The third-order valence-electron chi connectivity index (χ3n) is 2.76. The highest BCUT2D eigenvalue weighted by Crippen LogP contribution is 2.26. The molecule has 0 unspecified atom stereocenters. The van der Waals surface area contributed by atoms with Gasteiger partial charge >= 0.3 is 0 Å². The smallest absolute Gasteiger partial charge is 0.131 e. The summed E-state index contributed by atoms with van der Waals surface area (Å²) < 4.78 is 18.9. The SMILES string of the molecule is CC(C)c1cccc(Oc2cc(F)cc(C#N)c2)c1. The van der Waals surface area contributed by atoms with Crippen molar-refractivity contribution < 1.29 is 9.13 Å². The van der Waals surface area contributed by atoms with Gasteiger partial charge in [-0.15, -0.1) is 0 Å². The molecule has 0 aliphatic rings. The average molecular weight is 255 g/mol. The van der Waals surface area contributed by atoms with E-state index >= 15 is 0 Å². The standard InChI is InChI=1S/C16H14FNO/c1-11(2)13-4-3-5-15(8-13)19-16-7-12(10-18)6-14(17)9-16/h3-9,11H,1-2H3. The van der Waals surface area contributed by atoms with Crippen LogP contribution in [0.1, 0.15) is 30.9 Å². The summed E-state index contributed by atoms with van der Waals surface area (Å²) in [7, 11) is 0. The fourth-order valence-corrected chi connectivity index (χ4v) is 1.76. The van der Waals surface area contributed by atoms with Crippen molar-refractivity contribution in [1.29, 1.82) is 5.26 Å². The first-order valence-electron chi connectivity index (χ1n) is 6.07. The van der Waals surface area contributed by atoms with Crippen LogP contribution < -0.4 is 4.74 Å². The third-order valence-corrected chi connectivity index (χ3v) is 2.76. The van der Waals surface area contributed by atoms with Gasteiger partial charge in [-0.05, 0) is 35.7 Å². The van der Waals surface area contributed by atoms with Crippen molar-refractivity contribution in [3.63, 3.8) is 0 Å².